The molecule has 4 aromatic rings. The van der Waals surface area contributed by atoms with Crippen molar-refractivity contribution in [2.24, 2.45) is 0 Å². The van der Waals surface area contributed by atoms with Gasteiger partial charge in [-0.2, -0.15) is 0 Å². The minimum absolute atomic E-state index is 0.213. The Balaban J connectivity index is 1.44. The fraction of sp³-hybridized carbons (Fsp3) is 0.0909. The molecular formula is C22H18ClN3O. The first-order chi connectivity index (χ1) is 13.2. The Bertz CT molecular complexity index is 1070. The van der Waals surface area contributed by atoms with Gasteiger partial charge in [0.15, 0.2) is 0 Å². The number of hydrogen-bond donors (Lipinski definition) is 2. The van der Waals surface area contributed by atoms with Crippen LogP contribution in [0.2, 0.25) is 5.02 Å². The van der Waals surface area contributed by atoms with Gasteiger partial charge >= 0.3 is 0 Å². The highest BCUT2D eigenvalue weighted by Gasteiger charge is 2.10. The lowest BCUT2D eigenvalue weighted by Gasteiger charge is -2.08. The zero-order valence-electron chi connectivity index (χ0n) is 14.6. The summed E-state index contributed by atoms with van der Waals surface area (Å²) in [5.41, 5.74) is 4.38. The van der Waals surface area contributed by atoms with Crippen molar-refractivity contribution in [3.05, 3.63) is 94.8 Å². The molecule has 0 atom stereocenters. The van der Waals surface area contributed by atoms with Gasteiger partial charge in [0.1, 0.15) is 5.82 Å². The highest BCUT2D eigenvalue weighted by molar-refractivity contribution is 6.34. The molecule has 2 N–H and O–H groups in total. The minimum atomic E-state index is -0.213. The number of aryl methyl sites for hydroxylation is 2. The molecule has 3 aromatic carbocycles. The first kappa shape index (κ1) is 17.3. The van der Waals surface area contributed by atoms with Crippen LogP contribution in [-0.2, 0) is 12.8 Å². The van der Waals surface area contributed by atoms with Gasteiger partial charge in [0.25, 0.3) is 5.91 Å². The van der Waals surface area contributed by atoms with E-state index in [1.54, 1.807) is 24.3 Å². The Labute approximate surface area is 162 Å². The van der Waals surface area contributed by atoms with Crippen molar-refractivity contribution < 1.29 is 4.79 Å². The van der Waals surface area contributed by atoms with E-state index in [2.05, 4.69) is 15.3 Å². The van der Waals surface area contributed by atoms with Crippen molar-refractivity contribution in [1.29, 1.82) is 0 Å². The van der Waals surface area contributed by atoms with Crippen molar-refractivity contribution in [2.45, 2.75) is 12.8 Å². The van der Waals surface area contributed by atoms with E-state index in [4.69, 9.17) is 11.6 Å². The van der Waals surface area contributed by atoms with Crippen LogP contribution in [0.1, 0.15) is 21.7 Å². The smallest absolute Gasteiger partial charge is 0.257 e. The molecule has 1 aromatic heterocycles. The van der Waals surface area contributed by atoms with Gasteiger partial charge in [-0.05, 0) is 48.4 Å². The van der Waals surface area contributed by atoms with Gasteiger partial charge in [0.2, 0.25) is 0 Å². The molecule has 0 saturated heterocycles. The Morgan fingerprint density at radius 1 is 0.963 bits per heavy atom. The van der Waals surface area contributed by atoms with E-state index in [0.29, 0.717) is 10.6 Å². The van der Waals surface area contributed by atoms with E-state index in [1.165, 1.54) is 0 Å². The number of nitrogens with one attached hydrogen (secondary N) is 2. The lowest BCUT2D eigenvalue weighted by molar-refractivity contribution is 0.102. The van der Waals surface area contributed by atoms with Crippen molar-refractivity contribution in [3.8, 4) is 0 Å². The number of aromatic amines is 1. The van der Waals surface area contributed by atoms with Gasteiger partial charge < -0.3 is 10.3 Å². The molecule has 4 nitrogen and oxygen atoms in total. The van der Waals surface area contributed by atoms with Crippen LogP contribution in [0, 0.1) is 0 Å². The molecule has 0 aliphatic carbocycles. The first-order valence-electron chi connectivity index (χ1n) is 8.77. The van der Waals surface area contributed by atoms with Crippen molar-refractivity contribution >= 4 is 34.2 Å². The molecule has 0 bridgehead atoms. The summed E-state index contributed by atoms with van der Waals surface area (Å²) in [5.74, 6) is 0.747. The monoisotopic (exact) mass is 375 g/mol. The maximum atomic E-state index is 12.4. The summed E-state index contributed by atoms with van der Waals surface area (Å²) in [7, 11) is 0. The fourth-order valence-corrected chi connectivity index (χ4v) is 3.26. The maximum Gasteiger partial charge on any atom is 0.257 e. The Morgan fingerprint density at radius 2 is 1.78 bits per heavy atom. The molecule has 0 radical (unpaired) electrons. The highest BCUT2D eigenvalue weighted by atomic mass is 35.5. The molecule has 0 saturated carbocycles. The summed E-state index contributed by atoms with van der Waals surface area (Å²) in [6, 6.07) is 22.9. The number of carbonyl (C=O) groups is 1. The number of rotatable bonds is 5. The van der Waals surface area contributed by atoms with Gasteiger partial charge in [-0.15, -0.1) is 0 Å². The average Bonchev–Trinajstić information content (AvgIpc) is 3.10. The van der Waals surface area contributed by atoms with Crippen molar-refractivity contribution in [2.75, 3.05) is 5.32 Å². The third-order valence-corrected chi connectivity index (χ3v) is 4.72. The predicted molar refractivity (Wildman–Crippen MR) is 109 cm³/mol. The van der Waals surface area contributed by atoms with Crippen LogP contribution in [0.25, 0.3) is 11.0 Å². The molecule has 4 rings (SSSR count). The van der Waals surface area contributed by atoms with Crippen LogP contribution in [0.15, 0.2) is 72.8 Å². The number of aromatic nitrogens is 2. The van der Waals surface area contributed by atoms with E-state index < -0.39 is 0 Å². The van der Waals surface area contributed by atoms with Crippen molar-refractivity contribution in [1.82, 2.24) is 9.97 Å². The second-order valence-electron chi connectivity index (χ2n) is 6.33. The molecule has 1 heterocycles. The van der Waals surface area contributed by atoms with Crippen molar-refractivity contribution in [3.63, 3.8) is 0 Å². The molecule has 0 unspecified atom stereocenters. The topological polar surface area (TPSA) is 57.8 Å². The quantitative estimate of drug-likeness (QED) is 0.500. The Morgan fingerprint density at radius 3 is 2.63 bits per heavy atom. The second-order valence-corrected chi connectivity index (χ2v) is 6.74. The van der Waals surface area contributed by atoms with Crippen LogP contribution in [-0.4, -0.2) is 15.9 Å². The zero-order valence-corrected chi connectivity index (χ0v) is 15.3. The van der Waals surface area contributed by atoms with Gasteiger partial charge in [0, 0.05) is 12.1 Å². The highest BCUT2D eigenvalue weighted by Crippen LogP contribution is 2.19. The summed E-state index contributed by atoms with van der Waals surface area (Å²) < 4.78 is 0. The summed E-state index contributed by atoms with van der Waals surface area (Å²) >= 11 is 6.10. The van der Waals surface area contributed by atoms with Crippen LogP contribution >= 0.6 is 11.6 Å². The second kappa shape index (κ2) is 7.64. The molecule has 0 aliphatic heterocycles. The summed E-state index contributed by atoms with van der Waals surface area (Å²) in [6.07, 6.45) is 1.63. The van der Waals surface area contributed by atoms with Gasteiger partial charge in [-0.3, -0.25) is 4.79 Å². The van der Waals surface area contributed by atoms with E-state index in [1.807, 2.05) is 48.5 Å². The van der Waals surface area contributed by atoms with E-state index in [9.17, 15) is 4.79 Å². The molecule has 0 fully saturated rings. The molecule has 1 amide bonds. The maximum absolute atomic E-state index is 12.4. The number of fused-ring (bicyclic) bond motifs is 1. The van der Waals surface area contributed by atoms with Gasteiger partial charge in [-0.25, -0.2) is 4.98 Å². The number of halogens is 1. The molecule has 0 aliphatic rings. The third kappa shape index (κ3) is 4.01. The van der Waals surface area contributed by atoms with Gasteiger partial charge in [-0.1, -0.05) is 48.0 Å². The Hall–Kier alpha value is -3.11. The lowest BCUT2D eigenvalue weighted by Crippen LogP contribution is -2.12. The summed E-state index contributed by atoms with van der Waals surface area (Å²) in [6.45, 7) is 0. The van der Waals surface area contributed by atoms with E-state index >= 15 is 0 Å². The number of hydrogen-bond acceptors (Lipinski definition) is 2. The average molecular weight is 376 g/mol. The van der Waals surface area contributed by atoms with Gasteiger partial charge in [0.05, 0.1) is 21.6 Å². The van der Waals surface area contributed by atoms with Crippen LogP contribution in [0.5, 0.6) is 0 Å². The standard InChI is InChI=1S/C22H18ClN3O/c23-18-9-2-1-8-17(18)22(27)24-16-7-5-6-15(14-16)12-13-21-25-19-10-3-4-11-20(19)26-21/h1-11,14H,12-13H2,(H,24,27)(H,25,26). The summed E-state index contributed by atoms with van der Waals surface area (Å²) in [5, 5.41) is 3.35. The number of carbonyl (C=O) groups excluding carboxylic acids is 1. The first-order valence-corrected chi connectivity index (χ1v) is 9.15. The molecule has 0 spiro atoms. The van der Waals surface area contributed by atoms with Crippen LogP contribution in [0.4, 0.5) is 5.69 Å². The number of H-pyrrole nitrogens is 1. The fourth-order valence-electron chi connectivity index (χ4n) is 3.04. The van der Waals surface area contributed by atoms with E-state index in [-0.39, 0.29) is 5.91 Å². The third-order valence-electron chi connectivity index (χ3n) is 4.39. The normalized spacial score (nSPS) is 10.9. The number of benzene rings is 3. The SMILES string of the molecule is O=C(Nc1cccc(CCc2nc3ccccc3[nH]2)c1)c1ccccc1Cl. The lowest BCUT2D eigenvalue weighted by atomic mass is 10.1. The molecule has 5 heteroatoms. The summed E-state index contributed by atoms with van der Waals surface area (Å²) in [4.78, 5) is 20.4. The van der Waals surface area contributed by atoms with Crippen LogP contribution in [0.3, 0.4) is 0 Å². The van der Waals surface area contributed by atoms with Crippen LogP contribution < -0.4 is 5.32 Å². The molecular weight excluding hydrogens is 358 g/mol. The largest absolute Gasteiger partial charge is 0.342 e. The number of anilines is 1. The number of nitrogens with zero attached hydrogens (tertiary/aromatic N) is 1. The Kier molecular flexibility index (Phi) is 4.90. The number of amides is 1. The predicted octanol–water partition coefficient (Wildman–Crippen LogP) is 5.25. The molecule has 134 valence electrons. The zero-order chi connectivity index (χ0) is 18.6. The molecule has 27 heavy (non-hydrogen) atoms. The number of para-hydroxylation sites is 2. The number of imidazole rings is 1. The van der Waals surface area contributed by atoms with E-state index in [0.717, 1.165) is 41.0 Å². The minimum Gasteiger partial charge on any atom is -0.342 e.